The smallest absolute Gasteiger partial charge is 0.187 e. The van der Waals surface area contributed by atoms with Gasteiger partial charge in [-0.3, -0.25) is 5.11 Å². The summed E-state index contributed by atoms with van der Waals surface area (Å²) in [4.78, 5) is 0. The molecule has 0 N–H and O–H groups in total. The van der Waals surface area contributed by atoms with Crippen LogP contribution in [0.25, 0.3) is 44.5 Å². The third-order valence-corrected chi connectivity index (χ3v) is 4.95. The Hall–Kier alpha value is -3.32. The first-order valence-electron chi connectivity index (χ1n) is 8.43. The zero-order valence-electron chi connectivity index (χ0n) is 13.6. The van der Waals surface area contributed by atoms with Gasteiger partial charge in [-0.25, -0.2) is 0 Å². The van der Waals surface area contributed by atoms with E-state index in [0.717, 1.165) is 27.8 Å². The Labute approximate surface area is 146 Å². The van der Waals surface area contributed by atoms with E-state index in [1.54, 1.807) is 6.07 Å². The Morgan fingerprint density at radius 1 is 0.360 bits per heavy atom. The van der Waals surface area contributed by atoms with Gasteiger partial charge in [-0.2, -0.15) is 0 Å². The standard InChI is InChI=1S/C24H15O/c25-23-15-7-14-22-20-11-4-3-10-18(20)16-8-1-2-9-17(16)19-12-5-6-13-21(19)24(22)23/h1-15H. The van der Waals surface area contributed by atoms with Gasteiger partial charge in [0.15, 0.2) is 5.75 Å². The van der Waals surface area contributed by atoms with Crippen LogP contribution in [0.1, 0.15) is 0 Å². The summed E-state index contributed by atoms with van der Waals surface area (Å²) in [7, 11) is 0. The maximum absolute atomic E-state index is 12.8. The van der Waals surface area contributed by atoms with Crippen LogP contribution in [0.15, 0.2) is 91.0 Å². The highest BCUT2D eigenvalue weighted by Crippen LogP contribution is 2.49. The quantitative estimate of drug-likeness (QED) is 0.299. The minimum absolute atomic E-state index is 0.0686. The lowest BCUT2D eigenvalue weighted by atomic mass is 9.81. The normalized spacial score (nSPS) is 11.4. The molecule has 0 aliphatic heterocycles. The van der Waals surface area contributed by atoms with Crippen LogP contribution < -0.4 is 0 Å². The van der Waals surface area contributed by atoms with E-state index in [9.17, 15) is 5.11 Å². The Morgan fingerprint density at radius 2 is 0.720 bits per heavy atom. The molecule has 0 unspecified atom stereocenters. The summed E-state index contributed by atoms with van der Waals surface area (Å²) < 4.78 is 0. The molecule has 25 heavy (non-hydrogen) atoms. The molecule has 1 nitrogen and oxygen atoms in total. The van der Waals surface area contributed by atoms with Crippen LogP contribution in [-0.4, -0.2) is 0 Å². The molecule has 0 spiro atoms. The van der Waals surface area contributed by atoms with E-state index in [4.69, 9.17) is 0 Å². The van der Waals surface area contributed by atoms with E-state index in [0.29, 0.717) is 0 Å². The van der Waals surface area contributed by atoms with Gasteiger partial charge in [0, 0.05) is 5.56 Å². The highest BCUT2D eigenvalue weighted by molar-refractivity contribution is 6.04. The van der Waals surface area contributed by atoms with Crippen molar-refractivity contribution in [3.8, 4) is 50.3 Å². The van der Waals surface area contributed by atoms with Crippen molar-refractivity contribution in [2.45, 2.75) is 0 Å². The van der Waals surface area contributed by atoms with Crippen LogP contribution in [0.3, 0.4) is 0 Å². The van der Waals surface area contributed by atoms with E-state index in [2.05, 4.69) is 60.7 Å². The highest BCUT2D eigenvalue weighted by atomic mass is 16.3. The fourth-order valence-electron chi connectivity index (χ4n) is 3.88. The van der Waals surface area contributed by atoms with Gasteiger partial charge in [0.1, 0.15) is 0 Å². The highest BCUT2D eigenvalue weighted by Gasteiger charge is 2.23. The molecule has 1 heteroatoms. The summed E-state index contributed by atoms with van der Waals surface area (Å²) in [6, 6.07) is 30.6. The molecule has 0 bridgehead atoms. The van der Waals surface area contributed by atoms with Crippen LogP contribution >= 0.6 is 0 Å². The molecule has 1 radical (unpaired) electrons. The Balaban J connectivity index is 2.03. The predicted molar refractivity (Wildman–Crippen MR) is 102 cm³/mol. The second-order valence-corrected chi connectivity index (χ2v) is 6.32. The van der Waals surface area contributed by atoms with Crippen molar-refractivity contribution < 1.29 is 5.11 Å². The van der Waals surface area contributed by atoms with Crippen molar-refractivity contribution in [3.63, 3.8) is 0 Å². The number of hydrogen-bond donors (Lipinski definition) is 0. The lowest BCUT2D eigenvalue weighted by Gasteiger charge is -2.22. The molecule has 0 amide bonds. The van der Waals surface area contributed by atoms with Gasteiger partial charge in [-0.15, -0.1) is 0 Å². The van der Waals surface area contributed by atoms with Gasteiger partial charge >= 0.3 is 0 Å². The fraction of sp³-hybridized carbons (Fsp3) is 0. The first-order chi connectivity index (χ1) is 12.3. The average Bonchev–Trinajstić information content (AvgIpc) is 2.67. The number of hydrogen-bond acceptors (Lipinski definition) is 0. The third-order valence-electron chi connectivity index (χ3n) is 4.95. The second-order valence-electron chi connectivity index (χ2n) is 6.32. The van der Waals surface area contributed by atoms with Gasteiger partial charge < -0.3 is 0 Å². The molecule has 1 aliphatic carbocycles. The van der Waals surface area contributed by atoms with Crippen molar-refractivity contribution >= 4 is 0 Å². The number of rotatable bonds is 0. The van der Waals surface area contributed by atoms with Crippen LogP contribution in [0.5, 0.6) is 5.75 Å². The van der Waals surface area contributed by atoms with Crippen molar-refractivity contribution in [1.82, 2.24) is 0 Å². The minimum Gasteiger partial charge on any atom is -0.289 e. The minimum atomic E-state index is 0.0686. The van der Waals surface area contributed by atoms with Crippen molar-refractivity contribution in [1.29, 1.82) is 0 Å². The zero-order valence-corrected chi connectivity index (χ0v) is 13.6. The lowest BCUT2D eigenvalue weighted by molar-refractivity contribution is 0.357. The molecular formula is C24H15O. The number of benzene rings is 4. The molecule has 1 aliphatic rings. The molecular weight excluding hydrogens is 304 g/mol. The molecule has 0 aromatic heterocycles. The molecule has 0 saturated carbocycles. The van der Waals surface area contributed by atoms with Gasteiger partial charge in [0.25, 0.3) is 0 Å². The second kappa shape index (κ2) is 5.35. The lowest BCUT2D eigenvalue weighted by Crippen LogP contribution is -1.96. The fourth-order valence-corrected chi connectivity index (χ4v) is 3.88. The van der Waals surface area contributed by atoms with E-state index in [1.807, 2.05) is 24.3 Å². The largest absolute Gasteiger partial charge is 0.289 e. The molecule has 0 heterocycles. The molecule has 0 atom stereocenters. The summed E-state index contributed by atoms with van der Waals surface area (Å²) in [6.07, 6.45) is 0. The predicted octanol–water partition coefficient (Wildman–Crippen LogP) is 6.81. The van der Waals surface area contributed by atoms with E-state index in [-0.39, 0.29) is 5.75 Å². The van der Waals surface area contributed by atoms with E-state index < -0.39 is 0 Å². The van der Waals surface area contributed by atoms with Crippen molar-refractivity contribution in [2.24, 2.45) is 0 Å². The molecule has 0 saturated heterocycles. The Bertz CT molecular complexity index is 1100. The first kappa shape index (κ1) is 14.1. The third kappa shape index (κ3) is 2.03. The van der Waals surface area contributed by atoms with Crippen LogP contribution in [0.4, 0.5) is 0 Å². The monoisotopic (exact) mass is 319 g/mol. The topological polar surface area (TPSA) is 19.9 Å². The molecule has 4 aromatic carbocycles. The summed E-state index contributed by atoms with van der Waals surface area (Å²) >= 11 is 0. The summed E-state index contributed by atoms with van der Waals surface area (Å²) in [5.74, 6) is 0.0686. The number of fused-ring (bicyclic) bond motifs is 8. The summed E-state index contributed by atoms with van der Waals surface area (Å²) in [5, 5.41) is 12.8. The van der Waals surface area contributed by atoms with Gasteiger partial charge in [0.05, 0.1) is 0 Å². The van der Waals surface area contributed by atoms with E-state index in [1.165, 1.54) is 16.7 Å². The van der Waals surface area contributed by atoms with E-state index >= 15 is 0 Å². The molecule has 5 rings (SSSR count). The van der Waals surface area contributed by atoms with Crippen LogP contribution in [0, 0.1) is 0 Å². The Morgan fingerprint density at radius 3 is 1.24 bits per heavy atom. The van der Waals surface area contributed by atoms with Gasteiger partial charge in [0.2, 0.25) is 0 Å². The molecule has 117 valence electrons. The average molecular weight is 319 g/mol. The maximum atomic E-state index is 12.8. The summed E-state index contributed by atoms with van der Waals surface area (Å²) in [5.41, 5.74) is 8.55. The SMILES string of the molecule is [O]c1cccc2c1-c1ccccc1-c1ccccc1-c1ccccc1-2. The van der Waals surface area contributed by atoms with Gasteiger partial charge in [-0.05, 0) is 45.0 Å². The Kier molecular flexibility index (Phi) is 3.01. The molecule has 0 fully saturated rings. The first-order valence-corrected chi connectivity index (χ1v) is 8.43. The van der Waals surface area contributed by atoms with Crippen molar-refractivity contribution in [3.05, 3.63) is 91.0 Å². The van der Waals surface area contributed by atoms with Gasteiger partial charge in [-0.1, -0.05) is 84.9 Å². The summed E-state index contributed by atoms with van der Waals surface area (Å²) in [6.45, 7) is 0. The zero-order chi connectivity index (χ0) is 16.8. The van der Waals surface area contributed by atoms with Crippen LogP contribution in [-0.2, 0) is 5.11 Å². The van der Waals surface area contributed by atoms with Crippen molar-refractivity contribution in [2.75, 3.05) is 0 Å². The maximum Gasteiger partial charge on any atom is 0.187 e. The van der Waals surface area contributed by atoms with Crippen LogP contribution in [0.2, 0.25) is 0 Å². The molecule has 4 aromatic rings.